The first-order valence-electron chi connectivity index (χ1n) is 6.39. The van der Waals surface area contributed by atoms with E-state index in [0.29, 0.717) is 18.0 Å². The van der Waals surface area contributed by atoms with Crippen molar-refractivity contribution in [2.75, 3.05) is 12.3 Å². The lowest BCUT2D eigenvalue weighted by atomic mass is 10.1. The molecule has 1 saturated carbocycles. The number of hydrogen-bond donors (Lipinski definition) is 4. The molecule has 1 amide bonds. The number of hydrogen-bond acceptors (Lipinski definition) is 4. The molecule has 1 unspecified atom stereocenters. The number of nitrogens with one attached hydrogen (secondary N) is 2. The van der Waals surface area contributed by atoms with Crippen LogP contribution in [0, 0.1) is 0 Å². The maximum absolute atomic E-state index is 12.0. The van der Waals surface area contributed by atoms with Crippen LogP contribution in [0.1, 0.15) is 54.7 Å². The summed E-state index contributed by atoms with van der Waals surface area (Å²) in [7, 11) is 0. The molecule has 1 heterocycles. The Bertz CT molecular complexity index is 426. The van der Waals surface area contributed by atoms with Crippen molar-refractivity contribution in [1.29, 1.82) is 0 Å². The van der Waals surface area contributed by atoms with Crippen molar-refractivity contribution >= 4 is 11.6 Å². The van der Waals surface area contributed by atoms with Gasteiger partial charge in [0, 0.05) is 18.6 Å². The number of carbonyl (C=O) groups excluding carboxylic acids is 1. The summed E-state index contributed by atoms with van der Waals surface area (Å²) in [5.41, 5.74) is 7.58. The number of amides is 1. The number of nitrogen functional groups attached to an aromatic ring is 1. The van der Waals surface area contributed by atoms with Crippen molar-refractivity contribution in [3.8, 4) is 0 Å². The highest BCUT2D eigenvalue weighted by atomic mass is 16.3. The molecule has 1 aliphatic carbocycles. The average molecular weight is 252 g/mol. The molecule has 1 aromatic rings. The minimum Gasteiger partial charge on any atom is -0.396 e. The molecule has 0 saturated heterocycles. The molecule has 1 atom stereocenters. The first-order chi connectivity index (χ1) is 8.63. The molecule has 0 aromatic carbocycles. The highest BCUT2D eigenvalue weighted by Crippen LogP contribution is 2.42. The number of rotatable bonds is 6. The van der Waals surface area contributed by atoms with Gasteiger partial charge < -0.3 is 16.2 Å². The first kappa shape index (κ1) is 12.9. The molecule has 0 radical (unpaired) electrons. The molecule has 1 aliphatic rings. The second-order valence-corrected chi connectivity index (χ2v) is 4.91. The minimum atomic E-state index is -0.249. The Kier molecular flexibility index (Phi) is 3.86. The fraction of sp³-hybridized carbons (Fsp3) is 0.667. The Labute approximate surface area is 106 Å². The quantitative estimate of drug-likeness (QED) is 0.600. The van der Waals surface area contributed by atoms with E-state index in [1.54, 1.807) is 0 Å². The van der Waals surface area contributed by atoms with Gasteiger partial charge in [-0.1, -0.05) is 0 Å². The van der Waals surface area contributed by atoms with E-state index in [2.05, 4.69) is 15.5 Å². The van der Waals surface area contributed by atoms with Crippen LogP contribution in [0.3, 0.4) is 0 Å². The highest BCUT2D eigenvalue weighted by molar-refractivity contribution is 5.97. The minimum absolute atomic E-state index is 0.00475. The Hall–Kier alpha value is -1.56. The molecule has 0 bridgehead atoms. The van der Waals surface area contributed by atoms with Crippen LogP contribution in [0.5, 0.6) is 0 Å². The number of aromatic amines is 1. The normalized spacial score (nSPS) is 16.6. The zero-order valence-corrected chi connectivity index (χ0v) is 10.6. The van der Waals surface area contributed by atoms with Gasteiger partial charge >= 0.3 is 0 Å². The van der Waals surface area contributed by atoms with E-state index in [9.17, 15) is 4.79 Å². The summed E-state index contributed by atoms with van der Waals surface area (Å²) in [5.74, 6) is 0.201. The van der Waals surface area contributed by atoms with Crippen molar-refractivity contribution in [1.82, 2.24) is 15.5 Å². The number of nitrogens with two attached hydrogens (primary N) is 1. The standard InChI is InChI=1S/C12H20N4O2/c1-7(3-2-6-17)14-12(18)11-9(13)10(15-16-11)8-4-5-8/h7-8,17H,2-6,13H2,1H3,(H,14,18)(H,15,16). The van der Waals surface area contributed by atoms with E-state index in [-0.39, 0.29) is 24.2 Å². The predicted octanol–water partition coefficient (Wildman–Crippen LogP) is 0.760. The molecule has 1 fully saturated rings. The lowest BCUT2D eigenvalue weighted by molar-refractivity contribution is 0.0932. The fourth-order valence-corrected chi connectivity index (χ4v) is 1.98. The Balaban J connectivity index is 1.96. The van der Waals surface area contributed by atoms with Crippen LogP contribution in [0.25, 0.3) is 0 Å². The average Bonchev–Trinajstić information content (AvgIpc) is 3.10. The number of nitrogens with zero attached hydrogens (tertiary/aromatic N) is 1. The maximum atomic E-state index is 12.0. The molecule has 2 rings (SSSR count). The largest absolute Gasteiger partial charge is 0.396 e. The molecule has 18 heavy (non-hydrogen) atoms. The number of aliphatic hydroxyl groups excluding tert-OH is 1. The number of aliphatic hydroxyl groups is 1. The summed E-state index contributed by atoms with van der Waals surface area (Å²) in [6, 6.07) is 0.00475. The van der Waals surface area contributed by atoms with Crippen LogP contribution in [-0.4, -0.2) is 33.9 Å². The molecular formula is C12H20N4O2. The van der Waals surface area contributed by atoms with Gasteiger partial charge in [-0.05, 0) is 32.6 Å². The summed E-state index contributed by atoms with van der Waals surface area (Å²) in [6.45, 7) is 2.04. The Morgan fingerprint density at radius 1 is 1.67 bits per heavy atom. The molecule has 6 nitrogen and oxygen atoms in total. The van der Waals surface area contributed by atoms with Gasteiger partial charge in [0.15, 0.2) is 5.69 Å². The van der Waals surface area contributed by atoms with Crippen LogP contribution >= 0.6 is 0 Å². The number of H-pyrrole nitrogens is 1. The van der Waals surface area contributed by atoms with Gasteiger partial charge in [-0.25, -0.2) is 0 Å². The topological polar surface area (TPSA) is 104 Å². The van der Waals surface area contributed by atoms with Crippen molar-refractivity contribution < 1.29 is 9.90 Å². The van der Waals surface area contributed by atoms with Gasteiger partial charge in [-0.2, -0.15) is 5.10 Å². The van der Waals surface area contributed by atoms with E-state index in [4.69, 9.17) is 10.8 Å². The zero-order chi connectivity index (χ0) is 13.1. The Morgan fingerprint density at radius 3 is 3.00 bits per heavy atom. The fourth-order valence-electron chi connectivity index (χ4n) is 1.98. The van der Waals surface area contributed by atoms with Gasteiger partial charge in [-0.15, -0.1) is 0 Å². The van der Waals surface area contributed by atoms with Gasteiger partial charge in [0.1, 0.15) is 0 Å². The van der Waals surface area contributed by atoms with E-state index in [0.717, 1.165) is 25.0 Å². The summed E-state index contributed by atoms with van der Waals surface area (Å²) in [5, 5.41) is 18.4. The summed E-state index contributed by atoms with van der Waals surface area (Å²) < 4.78 is 0. The molecule has 0 spiro atoms. The smallest absolute Gasteiger partial charge is 0.274 e. The number of carbonyl (C=O) groups is 1. The third kappa shape index (κ3) is 2.81. The molecule has 5 N–H and O–H groups in total. The van der Waals surface area contributed by atoms with E-state index < -0.39 is 0 Å². The van der Waals surface area contributed by atoms with Crippen molar-refractivity contribution in [3.05, 3.63) is 11.4 Å². The van der Waals surface area contributed by atoms with Crippen LogP contribution in [0.15, 0.2) is 0 Å². The van der Waals surface area contributed by atoms with Crippen molar-refractivity contribution in [3.63, 3.8) is 0 Å². The SMILES string of the molecule is CC(CCCO)NC(=O)c1n[nH]c(C2CC2)c1N. The third-order valence-electron chi connectivity index (χ3n) is 3.21. The van der Waals surface area contributed by atoms with E-state index >= 15 is 0 Å². The number of aromatic nitrogens is 2. The van der Waals surface area contributed by atoms with Crippen LogP contribution in [0.4, 0.5) is 5.69 Å². The molecule has 100 valence electrons. The number of anilines is 1. The van der Waals surface area contributed by atoms with Gasteiger partial charge in [0.25, 0.3) is 5.91 Å². The van der Waals surface area contributed by atoms with Gasteiger partial charge in [0.05, 0.1) is 11.4 Å². The van der Waals surface area contributed by atoms with Crippen molar-refractivity contribution in [2.24, 2.45) is 0 Å². The second-order valence-electron chi connectivity index (χ2n) is 4.91. The summed E-state index contributed by atoms with van der Waals surface area (Å²) >= 11 is 0. The lowest BCUT2D eigenvalue weighted by Crippen LogP contribution is -2.33. The highest BCUT2D eigenvalue weighted by Gasteiger charge is 2.30. The molecular weight excluding hydrogens is 232 g/mol. The monoisotopic (exact) mass is 252 g/mol. The van der Waals surface area contributed by atoms with Gasteiger partial charge in [0.2, 0.25) is 0 Å². The lowest BCUT2D eigenvalue weighted by Gasteiger charge is -2.12. The maximum Gasteiger partial charge on any atom is 0.274 e. The predicted molar refractivity (Wildman–Crippen MR) is 68.2 cm³/mol. The molecule has 6 heteroatoms. The summed E-state index contributed by atoms with van der Waals surface area (Å²) in [6.07, 6.45) is 3.63. The van der Waals surface area contributed by atoms with Crippen molar-refractivity contribution in [2.45, 2.75) is 44.6 Å². The van der Waals surface area contributed by atoms with Crippen LogP contribution in [-0.2, 0) is 0 Å². The van der Waals surface area contributed by atoms with Crippen LogP contribution < -0.4 is 11.1 Å². The zero-order valence-electron chi connectivity index (χ0n) is 10.6. The molecule has 0 aliphatic heterocycles. The summed E-state index contributed by atoms with van der Waals surface area (Å²) in [4.78, 5) is 12.0. The first-order valence-corrected chi connectivity index (χ1v) is 6.39. The van der Waals surface area contributed by atoms with Gasteiger partial charge in [-0.3, -0.25) is 9.89 Å². The second kappa shape index (κ2) is 5.39. The van der Waals surface area contributed by atoms with Crippen LogP contribution in [0.2, 0.25) is 0 Å². The third-order valence-corrected chi connectivity index (χ3v) is 3.21. The Morgan fingerprint density at radius 2 is 2.39 bits per heavy atom. The molecule has 1 aromatic heterocycles. The van der Waals surface area contributed by atoms with E-state index in [1.165, 1.54) is 0 Å². The van der Waals surface area contributed by atoms with E-state index in [1.807, 2.05) is 6.92 Å².